The summed E-state index contributed by atoms with van der Waals surface area (Å²) in [5.74, 6) is -0.432. The van der Waals surface area contributed by atoms with Crippen molar-refractivity contribution in [2.75, 3.05) is 0 Å². The smallest absolute Gasteiger partial charge is 0.422 e. The third kappa shape index (κ3) is 3.66. The monoisotopic (exact) mass is 246 g/mol. The lowest BCUT2D eigenvalue weighted by Gasteiger charge is -2.07. The van der Waals surface area contributed by atoms with Crippen molar-refractivity contribution in [1.29, 1.82) is 0 Å². The van der Waals surface area contributed by atoms with E-state index in [9.17, 15) is 9.41 Å². The maximum absolute atomic E-state index is 12.9. The largest absolute Gasteiger partial charge is 0.523 e. The van der Waals surface area contributed by atoms with Gasteiger partial charge >= 0.3 is 7.12 Å². The van der Waals surface area contributed by atoms with Crippen LogP contribution in [0.3, 0.4) is 0 Å². The average molecular weight is 246 g/mol. The Morgan fingerprint density at radius 3 is 2.56 bits per heavy atom. The number of hydrogen-bond acceptors (Lipinski definition) is 3. The van der Waals surface area contributed by atoms with Gasteiger partial charge in [-0.05, 0) is 23.2 Å². The van der Waals surface area contributed by atoms with Gasteiger partial charge in [0.15, 0.2) is 0 Å². The fourth-order valence-corrected chi connectivity index (χ4v) is 1.46. The SMILES string of the molecule is OB(OOCc1ccccc1)c1cccc(F)c1. The second-order valence-corrected chi connectivity index (χ2v) is 3.75. The highest BCUT2D eigenvalue weighted by Crippen LogP contribution is 2.01. The van der Waals surface area contributed by atoms with E-state index in [-0.39, 0.29) is 6.61 Å². The molecule has 0 amide bonds. The first kappa shape index (κ1) is 12.8. The molecular formula is C13H12BFO3. The minimum Gasteiger partial charge on any atom is -0.422 e. The van der Waals surface area contributed by atoms with Crippen LogP contribution in [-0.4, -0.2) is 12.1 Å². The molecule has 0 aromatic heterocycles. The molecule has 0 bridgehead atoms. The topological polar surface area (TPSA) is 38.7 Å². The summed E-state index contributed by atoms with van der Waals surface area (Å²) in [6, 6.07) is 14.9. The molecule has 0 aliphatic carbocycles. The van der Waals surface area contributed by atoms with E-state index in [2.05, 4.69) is 0 Å². The molecule has 3 nitrogen and oxygen atoms in total. The molecule has 18 heavy (non-hydrogen) atoms. The molecule has 0 aliphatic rings. The van der Waals surface area contributed by atoms with Crippen molar-refractivity contribution < 1.29 is 19.1 Å². The molecule has 0 unspecified atom stereocenters. The third-order valence-corrected chi connectivity index (χ3v) is 2.36. The summed E-state index contributed by atoms with van der Waals surface area (Å²) < 4.78 is 12.9. The van der Waals surface area contributed by atoms with E-state index >= 15 is 0 Å². The summed E-state index contributed by atoms with van der Waals surface area (Å²) in [4.78, 5) is 9.68. The quantitative estimate of drug-likeness (QED) is 0.495. The summed E-state index contributed by atoms with van der Waals surface area (Å²) >= 11 is 0. The Labute approximate surface area is 105 Å². The highest BCUT2D eigenvalue weighted by molar-refractivity contribution is 6.59. The predicted molar refractivity (Wildman–Crippen MR) is 66.3 cm³/mol. The van der Waals surface area contributed by atoms with Crippen LogP contribution >= 0.6 is 0 Å². The predicted octanol–water partition coefficient (Wildman–Crippen LogP) is 1.66. The van der Waals surface area contributed by atoms with E-state index in [1.54, 1.807) is 6.07 Å². The maximum atomic E-state index is 12.9. The summed E-state index contributed by atoms with van der Waals surface area (Å²) in [5.41, 5.74) is 1.23. The summed E-state index contributed by atoms with van der Waals surface area (Å²) in [7, 11) is -1.30. The first-order valence-electron chi connectivity index (χ1n) is 5.51. The van der Waals surface area contributed by atoms with Gasteiger partial charge in [-0.1, -0.05) is 42.5 Å². The van der Waals surface area contributed by atoms with Crippen LogP contribution in [0.2, 0.25) is 0 Å². The van der Waals surface area contributed by atoms with E-state index in [0.29, 0.717) is 5.46 Å². The standard InChI is InChI=1S/C13H12BFO3/c15-13-8-4-7-12(9-13)14(16)18-17-10-11-5-2-1-3-6-11/h1-9,16H,10H2. The van der Waals surface area contributed by atoms with Crippen molar-refractivity contribution in [2.45, 2.75) is 6.61 Å². The Morgan fingerprint density at radius 2 is 1.83 bits per heavy atom. The Balaban J connectivity index is 1.83. The minimum absolute atomic E-state index is 0.215. The van der Waals surface area contributed by atoms with Crippen molar-refractivity contribution in [1.82, 2.24) is 0 Å². The zero-order valence-electron chi connectivity index (χ0n) is 9.62. The van der Waals surface area contributed by atoms with Crippen molar-refractivity contribution in [2.24, 2.45) is 0 Å². The number of rotatable bonds is 5. The second kappa shape index (κ2) is 6.30. The molecule has 5 heteroatoms. The zero-order valence-corrected chi connectivity index (χ0v) is 9.62. The van der Waals surface area contributed by atoms with Crippen LogP contribution in [0.5, 0.6) is 0 Å². The minimum atomic E-state index is -1.30. The summed E-state index contributed by atoms with van der Waals surface area (Å²) in [6.45, 7) is 0.215. The van der Waals surface area contributed by atoms with Crippen LogP contribution in [0.15, 0.2) is 54.6 Å². The molecule has 2 aromatic rings. The van der Waals surface area contributed by atoms with E-state index < -0.39 is 12.9 Å². The number of hydrogen-bond donors (Lipinski definition) is 1. The van der Waals surface area contributed by atoms with Gasteiger partial charge in [-0.2, -0.15) is 0 Å². The lowest BCUT2D eigenvalue weighted by molar-refractivity contribution is -0.231. The Bertz CT molecular complexity index is 493. The average Bonchev–Trinajstić information content (AvgIpc) is 2.40. The highest BCUT2D eigenvalue weighted by Gasteiger charge is 2.18. The molecule has 0 aliphatic heterocycles. The van der Waals surface area contributed by atoms with Crippen LogP contribution in [0, 0.1) is 5.82 Å². The highest BCUT2D eigenvalue weighted by atomic mass is 19.1. The first-order valence-corrected chi connectivity index (χ1v) is 5.51. The Kier molecular flexibility index (Phi) is 4.47. The first-order chi connectivity index (χ1) is 8.75. The summed E-state index contributed by atoms with van der Waals surface area (Å²) in [5, 5.41) is 9.61. The van der Waals surface area contributed by atoms with Gasteiger partial charge in [0.2, 0.25) is 0 Å². The molecule has 0 radical (unpaired) electrons. The molecule has 0 heterocycles. The van der Waals surface area contributed by atoms with E-state index in [1.165, 1.54) is 18.2 Å². The van der Waals surface area contributed by atoms with Gasteiger partial charge in [0.05, 0.1) is 0 Å². The fourth-order valence-electron chi connectivity index (χ4n) is 1.46. The molecule has 2 aromatic carbocycles. The molecule has 92 valence electrons. The van der Waals surface area contributed by atoms with Gasteiger partial charge in [0.1, 0.15) is 12.4 Å². The second-order valence-electron chi connectivity index (χ2n) is 3.75. The summed E-state index contributed by atoms with van der Waals surface area (Å²) in [6.07, 6.45) is 0. The molecule has 1 N–H and O–H groups in total. The van der Waals surface area contributed by atoms with Crippen molar-refractivity contribution in [3.8, 4) is 0 Å². The van der Waals surface area contributed by atoms with Gasteiger partial charge < -0.3 is 5.02 Å². The van der Waals surface area contributed by atoms with E-state index in [0.717, 1.165) is 5.56 Å². The van der Waals surface area contributed by atoms with Gasteiger partial charge in [-0.3, -0.25) is 4.81 Å². The van der Waals surface area contributed by atoms with Crippen LogP contribution in [-0.2, 0) is 16.3 Å². The molecule has 0 saturated carbocycles. The molecular weight excluding hydrogens is 234 g/mol. The van der Waals surface area contributed by atoms with Crippen molar-refractivity contribution in [3.63, 3.8) is 0 Å². The Hall–Kier alpha value is -1.69. The zero-order chi connectivity index (χ0) is 12.8. The van der Waals surface area contributed by atoms with Crippen LogP contribution in [0.1, 0.15) is 5.56 Å². The number of benzene rings is 2. The van der Waals surface area contributed by atoms with Crippen LogP contribution < -0.4 is 5.46 Å². The normalized spacial score (nSPS) is 10.3. The lowest BCUT2D eigenvalue weighted by Crippen LogP contribution is -2.33. The van der Waals surface area contributed by atoms with Gasteiger partial charge in [-0.25, -0.2) is 9.28 Å². The molecule has 0 spiro atoms. The van der Waals surface area contributed by atoms with Gasteiger partial charge in [0, 0.05) is 0 Å². The van der Waals surface area contributed by atoms with Gasteiger partial charge in [0.25, 0.3) is 0 Å². The Morgan fingerprint density at radius 1 is 1.06 bits per heavy atom. The number of halogens is 1. The third-order valence-electron chi connectivity index (χ3n) is 2.36. The maximum Gasteiger partial charge on any atom is 0.523 e. The van der Waals surface area contributed by atoms with Crippen LogP contribution in [0.25, 0.3) is 0 Å². The van der Waals surface area contributed by atoms with Gasteiger partial charge in [-0.15, -0.1) is 0 Å². The molecule has 0 fully saturated rings. The van der Waals surface area contributed by atoms with Crippen molar-refractivity contribution >= 4 is 12.6 Å². The molecule has 2 rings (SSSR count). The molecule has 0 saturated heterocycles. The van der Waals surface area contributed by atoms with Crippen LogP contribution in [0.4, 0.5) is 4.39 Å². The van der Waals surface area contributed by atoms with Crippen molar-refractivity contribution in [3.05, 3.63) is 66.0 Å². The van der Waals surface area contributed by atoms with E-state index in [1.807, 2.05) is 30.3 Å². The lowest BCUT2D eigenvalue weighted by atomic mass is 9.80. The fraction of sp³-hybridized carbons (Fsp3) is 0.0769. The molecule has 0 atom stereocenters. The van der Waals surface area contributed by atoms with E-state index in [4.69, 9.17) is 9.69 Å².